The average Bonchev–Trinajstić information content (AvgIpc) is 3.09. The number of hydrogen-bond acceptors (Lipinski definition) is 4. The van der Waals surface area contributed by atoms with E-state index < -0.39 is 0 Å². The van der Waals surface area contributed by atoms with Crippen molar-refractivity contribution < 1.29 is 0 Å². The normalized spacial score (nSPS) is 12.0. The summed E-state index contributed by atoms with van der Waals surface area (Å²) in [5.41, 5.74) is 2.35. The molecule has 8 nitrogen and oxygen atoms in total. The number of nitrogens with zero attached hydrogens (tertiary/aromatic N) is 7. The topological polar surface area (TPSA) is 76.2 Å². The summed E-state index contributed by atoms with van der Waals surface area (Å²) in [7, 11) is 5.92. The molecule has 2 aromatic heterocycles. The molecule has 0 bridgehead atoms. The molecule has 2 heterocycles. The van der Waals surface area contributed by atoms with E-state index in [0.29, 0.717) is 12.5 Å². The van der Waals surface area contributed by atoms with Gasteiger partial charge in [-0.15, -0.1) is 10.2 Å². The highest BCUT2D eigenvalue weighted by Crippen LogP contribution is 2.18. The van der Waals surface area contributed by atoms with Crippen molar-refractivity contribution in [2.24, 2.45) is 19.1 Å². The molecule has 0 aliphatic heterocycles. The van der Waals surface area contributed by atoms with Gasteiger partial charge < -0.3 is 14.8 Å². The van der Waals surface area contributed by atoms with E-state index in [1.54, 1.807) is 6.33 Å². The van der Waals surface area contributed by atoms with E-state index >= 15 is 0 Å². The van der Waals surface area contributed by atoms with Crippen molar-refractivity contribution in [2.45, 2.75) is 39.8 Å². The second-order valence-electron chi connectivity index (χ2n) is 6.25. The van der Waals surface area contributed by atoms with E-state index in [1.165, 1.54) is 5.56 Å². The summed E-state index contributed by atoms with van der Waals surface area (Å²) >= 11 is 0. The highest BCUT2D eigenvalue weighted by Gasteiger charge is 2.15. The van der Waals surface area contributed by atoms with Crippen LogP contribution in [0.1, 0.15) is 43.8 Å². The molecule has 8 heteroatoms. The molecule has 0 aliphatic rings. The van der Waals surface area contributed by atoms with Crippen molar-refractivity contribution in [3.05, 3.63) is 29.6 Å². The fraction of sp³-hybridized carbons (Fsp3) is 0.625. The molecule has 0 fully saturated rings. The summed E-state index contributed by atoms with van der Waals surface area (Å²) in [6.07, 6.45) is 3.77. The summed E-state index contributed by atoms with van der Waals surface area (Å²) in [6, 6.07) is 0. The van der Waals surface area contributed by atoms with Crippen LogP contribution in [0.5, 0.6) is 0 Å². The zero-order valence-corrected chi connectivity index (χ0v) is 15.5. The lowest BCUT2D eigenvalue weighted by molar-refractivity contribution is 0.472. The molecule has 0 aliphatic carbocycles. The van der Waals surface area contributed by atoms with E-state index in [-0.39, 0.29) is 0 Å². The van der Waals surface area contributed by atoms with Gasteiger partial charge in [0, 0.05) is 46.0 Å². The van der Waals surface area contributed by atoms with Crippen molar-refractivity contribution >= 4 is 5.96 Å². The first kappa shape index (κ1) is 18.0. The molecule has 2 rings (SSSR count). The van der Waals surface area contributed by atoms with Crippen LogP contribution in [0.2, 0.25) is 0 Å². The maximum Gasteiger partial charge on any atom is 0.194 e. The molecular formula is C16H28N8. The van der Waals surface area contributed by atoms with Gasteiger partial charge in [0.25, 0.3) is 0 Å². The predicted octanol–water partition coefficient (Wildman–Crippen LogP) is 1.27. The van der Waals surface area contributed by atoms with Gasteiger partial charge in [-0.2, -0.15) is 5.10 Å². The first-order chi connectivity index (χ1) is 11.4. The van der Waals surface area contributed by atoms with Crippen LogP contribution >= 0.6 is 0 Å². The Morgan fingerprint density at radius 3 is 2.71 bits per heavy atom. The Morgan fingerprint density at radius 2 is 2.12 bits per heavy atom. The number of nitrogens with one attached hydrogen (secondary N) is 1. The quantitative estimate of drug-likeness (QED) is 0.637. The molecular weight excluding hydrogens is 304 g/mol. The number of aromatic nitrogens is 5. The Hall–Kier alpha value is -2.38. The molecule has 2 aromatic rings. The smallest absolute Gasteiger partial charge is 0.194 e. The standard InChI is InChI=1S/C16H28N8/c1-7-17-16(18-8-14-20-19-11-23(14)5)22(4)9-13-10-24(6)21-15(13)12(2)3/h10-12H,7-9H2,1-6H3,(H,17,18). The third-order valence-electron chi connectivity index (χ3n) is 3.76. The number of guanidine groups is 1. The molecule has 0 radical (unpaired) electrons. The number of aryl methyl sites for hydroxylation is 2. The average molecular weight is 332 g/mol. The van der Waals surface area contributed by atoms with Gasteiger partial charge in [-0.05, 0) is 12.8 Å². The minimum atomic E-state index is 0.396. The molecule has 24 heavy (non-hydrogen) atoms. The molecule has 132 valence electrons. The fourth-order valence-electron chi connectivity index (χ4n) is 2.56. The number of aliphatic imine (C=N–C) groups is 1. The molecule has 0 saturated heterocycles. The van der Waals surface area contributed by atoms with Crippen molar-refractivity contribution in [3.8, 4) is 0 Å². The third-order valence-corrected chi connectivity index (χ3v) is 3.76. The Kier molecular flexibility index (Phi) is 5.94. The van der Waals surface area contributed by atoms with E-state index in [1.807, 2.05) is 30.4 Å². The first-order valence-electron chi connectivity index (χ1n) is 8.27. The molecule has 0 atom stereocenters. The molecule has 0 amide bonds. The zero-order valence-electron chi connectivity index (χ0n) is 15.5. The van der Waals surface area contributed by atoms with Gasteiger partial charge in [0.2, 0.25) is 0 Å². The predicted molar refractivity (Wildman–Crippen MR) is 94.6 cm³/mol. The molecule has 0 saturated carbocycles. The van der Waals surface area contributed by atoms with Crippen LogP contribution in [-0.2, 0) is 27.2 Å². The maximum atomic E-state index is 4.68. The Balaban J connectivity index is 2.14. The van der Waals surface area contributed by atoms with Crippen molar-refractivity contribution in [3.63, 3.8) is 0 Å². The van der Waals surface area contributed by atoms with E-state index in [0.717, 1.165) is 30.6 Å². The summed E-state index contributed by atoms with van der Waals surface area (Å²) in [4.78, 5) is 6.79. The summed E-state index contributed by atoms with van der Waals surface area (Å²) in [6.45, 7) is 8.46. The molecule has 0 spiro atoms. The minimum Gasteiger partial charge on any atom is -0.357 e. The van der Waals surface area contributed by atoms with Gasteiger partial charge in [-0.3, -0.25) is 4.68 Å². The van der Waals surface area contributed by atoms with Gasteiger partial charge in [-0.1, -0.05) is 13.8 Å². The van der Waals surface area contributed by atoms with Crippen LogP contribution in [-0.4, -0.2) is 49.0 Å². The van der Waals surface area contributed by atoms with Gasteiger partial charge >= 0.3 is 0 Å². The van der Waals surface area contributed by atoms with Crippen LogP contribution < -0.4 is 5.32 Å². The van der Waals surface area contributed by atoms with Gasteiger partial charge in [0.15, 0.2) is 11.8 Å². The van der Waals surface area contributed by atoms with Gasteiger partial charge in [-0.25, -0.2) is 4.99 Å². The minimum absolute atomic E-state index is 0.396. The Bertz CT molecular complexity index is 682. The van der Waals surface area contributed by atoms with Crippen LogP contribution in [0.15, 0.2) is 17.5 Å². The van der Waals surface area contributed by atoms with Crippen LogP contribution in [0.4, 0.5) is 0 Å². The van der Waals surface area contributed by atoms with Gasteiger partial charge in [0.05, 0.1) is 5.69 Å². The summed E-state index contributed by atoms with van der Waals surface area (Å²) < 4.78 is 3.76. The second-order valence-corrected chi connectivity index (χ2v) is 6.25. The van der Waals surface area contributed by atoms with E-state index in [2.05, 4.69) is 57.5 Å². The zero-order chi connectivity index (χ0) is 17.7. The fourth-order valence-corrected chi connectivity index (χ4v) is 2.56. The highest BCUT2D eigenvalue weighted by atomic mass is 15.3. The molecule has 1 N–H and O–H groups in total. The van der Waals surface area contributed by atoms with Crippen LogP contribution in [0.3, 0.4) is 0 Å². The Labute approximate surface area is 143 Å². The van der Waals surface area contributed by atoms with Gasteiger partial charge in [0.1, 0.15) is 12.9 Å². The number of rotatable bonds is 6. The second kappa shape index (κ2) is 7.94. The monoisotopic (exact) mass is 332 g/mol. The third kappa shape index (κ3) is 4.33. The van der Waals surface area contributed by atoms with E-state index in [4.69, 9.17) is 0 Å². The Morgan fingerprint density at radius 1 is 1.38 bits per heavy atom. The summed E-state index contributed by atoms with van der Waals surface area (Å²) in [5.74, 6) is 2.08. The maximum absolute atomic E-state index is 4.68. The lowest BCUT2D eigenvalue weighted by atomic mass is 10.1. The first-order valence-corrected chi connectivity index (χ1v) is 8.27. The highest BCUT2D eigenvalue weighted by molar-refractivity contribution is 5.79. The molecule has 0 unspecified atom stereocenters. The lowest BCUT2D eigenvalue weighted by Crippen LogP contribution is -2.38. The number of hydrogen-bond donors (Lipinski definition) is 1. The lowest BCUT2D eigenvalue weighted by Gasteiger charge is -2.22. The summed E-state index contributed by atoms with van der Waals surface area (Å²) in [5, 5.41) is 15.9. The van der Waals surface area contributed by atoms with E-state index in [9.17, 15) is 0 Å². The molecule has 0 aromatic carbocycles. The largest absolute Gasteiger partial charge is 0.357 e. The SMILES string of the molecule is CCNC(=NCc1nncn1C)N(C)Cc1cn(C)nc1C(C)C. The van der Waals surface area contributed by atoms with Crippen molar-refractivity contribution in [1.29, 1.82) is 0 Å². The van der Waals surface area contributed by atoms with Crippen LogP contribution in [0.25, 0.3) is 0 Å². The van der Waals surface area contributed by atoms with Crippen molar-refractivity contribution in [1.82, 2.24) is 34.8 Å². The van der Waals surface area contributed by atoms with Crippen molar-refractivity contribution in [2.75, 3.05) is 13.6 Å². The van der Waals surface area contributed by atoms with Crippen LogP contribution in [0, 0.1) is 0 Å².